The van der Waals surface area contributed by atoms with Gasteiger partial charge in [0, 0.05) is 17.2 Å². The third-order valence-corrected chi connectivity index (χ3v) is 7.23. The van der Waals surface area contributed by atoms with Gasteiger partial charge in [-0.1, -0.05) is 36.8 Å². The molecule has 6 heteroatoms. The Labute approximate surface area is 174 Å². The first-order valence-corrected chi connectivity index (χ1v) is 11.0. The highest BCUT2D eigenvalue weighted by Gasteiger charge is 2.40. The number of nitrogens with zero attached hydrogens (tertiary/aromatic N) is 1. The smallest absolute Gasteiger partial charge is 0.341 e. The molecule has 0 aliphatic heterocycles. The van der Waals surface area contributed by atoms with Crippen molar-refractivity contribution in [2.75, 3.05) is 11.9 Å². The molecule has 1 N–H and O–H groups in total. The lowest BCUT2D eigenvalue weighted by molar-refractivity contribution is -0.122. The molecule has 29 heavy (non-hydrogen) atoms. The Kier molecular flexibility index (Phi) is 5.42. The summed E-state index contributed by atoms with van der Waals surface area (Å²) in [5.74, 6) is -0.375. The third kappa shape index (κ3) is 3.56. The lowest BCUT2D eigenvalue weighted by atomic mass is 9.70. The van der Waals surface area contributed by atoms with Crippen LogP contribution in [0.2, 0.25) is 0 Å². The van der Waals surface area contributed by atoms with Crippen molar-refractivity contribution in [3.05, 3.63) is 51.9 Å². The van der Waals surface area contributed by atoms with Crippen LogP contribution < -0.4 is 5.32 Å². The summed E-state index contributed by atoms with van der Waals surface area (Å²) in [6.07, 6.45) is 4.67. The molecule has 150 valence electrons. The van der Waals surface area contributed by atoms with E-state index < -0.39 is 11.4 Å². The predicted octanol–water partition coefficient (Wildman–Crippen LogP) is 4.61. The Balaban J connectivity index is 1.70. The molecule has 0 bridgehead atoms. The second-order valence-corrected chi connectivity index (χ2v) is 8.89. The molecule has 1 heterocycles. The molecule has 1 amide bonds. The fraction of sp³-hybridized carbons (Fsp3) is 0.435. The van der Waals surface area contributed by atoms with Gasteiger partial charge in [-0.2, -0.15) is 5.26 Å². The maximum atomic E-state index is 12.7. The third-order valence-electron chi connectivity index (χ3n) is 6.09. The maximum absolute atomic E-state index is 12.7. The Morgan fingerprint density at radius 3 is 2.69 bits per heavy atom. The fourth-order valence-corrected chi connectivity index (χ4v) is 5.53. The number of thiophene rings is 1. The molecule has 1 aromatic heterocycles. The Morgan fingerprint density at radius 2 is 2.07 bits per heavy atom. The van der Waals surface area contributed by atoms with Gasteiger partial charge in [0.15, 0.2) is 0 Å². The summed E-state index contributed by atoms with van der Waals surface area (Å²) in [7, 11) is 0. The molecular formula is C23H24N2O3S. The molecule has 2 aliphatic rings. The number of nitriles is 1. The summed E-state index contributed by atoms with van der Waals surface area (Å²) in [6, 6.07) is 12.4. The van der Waals surface area contributed by atoms with E-state index in [9.17, 15) is 14.9 Å². The van der Waals surface area contributed by atoms with Gasteiger partial charge in [-0.25, -0.2) is 4.79 Å². The number of esters is 1. The van der Waals surface area contributed by atoms with Crippen LogP contribution in [-0.4, -0.2) is 18.5 Å². The van der Waals surface area contributed by atoms with E-state index in [1.165, 1.54) is 11.3 Å². The van der Waals surface area contributed by atoms with Gasteiger partial charge in [0.05, 0.1) is 23.7 Å². The standard InChI is InChI=1S/C23H24N2O3S/c1-2-28-22(27)19-17-11-12-23(14-24,16-9-4-3-5-10-16)13-18(17)29-21(19)25-20(26)15-7-6-8-15/h3-5,9-10,15H,2,6-8,11-13H2,1H3,(H,25,26). The molecule has 2 aromatic rings. The molecule has 1 fully saturated rings. The van der Waals surface area contributed by atoms with Crippen LogP contribution in [0.15, 0.2) is 30.3 Å². The second-order valence-electron chi connectivity index (χ2n) is 7.78. The van der Waals surface area contributed by atoms with E-state index in [1.807, 2.05) is 30.3 Å². The molecule has 1 saturated carbocycles. The van der Waals surface area contributed by atoms with Crippen molar-refractivity contribution in [2.24, 2.45) is 5.92 Å². The molecular weight excluding hydrogens is 384 g/mol. The normalized spacial score (nSPS) is 20.8. The van der Waals surface area contributed by atoms with Gasteiger partial charge < -0.3 is 10.1 Å². The molecule has 2 aliphatic carbocycles. The topological polar surface area (TPSA) is 79.2 Å². The second kappa shape index (κ2) is 8.00. The number of fused-ring (bicyclic) bond motifs is 1. The largest absolute Gasteiger partial charge is 0.462 e. The number of anilines is 1. The molecule has 0 saturated heterocycles. The first kappa shape index (κ1) is 19.7. The van der Waals surface area contributed by atoms with Gasteiger partial charge in [-0.15, -0.1) is 11.3 Å². The van der Waals surface area contributed by atoms with Crippen LogP contribution in [0, 0.1) is 17.2 Å². The van der Waals surface area contributed by atoms with E-state index in [4.69, 9.17) is 4.74 Å². The molecule has 0 radical (unpaired) electrons. The van der Waals surface area contributed by atoms with E-state index in [0.717, 1.165) is 35.3 Å². The molecule has 0 spiro atoms. The quantitative estimate of drug-likeness (QED) is 0.733. The number of benzene rings is 1. The summed E-state index contributed by atoms with van der Waals surface area (Å²) >= 11 is 1.42. The van der Waals surface area contributed by atoms with E-state index >= 15 is 0 Å². The average Bonchev–Trinajstić information content (AvgIpc) is 3.03. The number of amides is 1. The van der Waals surface area contributed by atoms with Gasteiger partial charge in [0.25, 0.3) is 0 Å². The molecule has 1 aromatic carbocycles. The number of carbonyl (C=O) groups is 2. The average molecular weight is 409 g/mol. The summed E-state index contributed by atoms with van der Waals surface area (Å²) in [5.41, 5.74) is 1.80. The zero-order valence-corrected chi connectivity index (χ0v) is 17.3. The fourth-order valence-electron chi connectivity index (χ4n) is 4.18. The predicted molar refractivity (Wildman–Crippen MR) is 112 cm³/mol. The van der Waals surface area contributed by atoms with Gasteiger partial charge in [0.2, 0.25) is 5.91 Å². The van der Waals surface area contributed by atoms with Crippen LogP contribution in [0.3, 0.4) is 0 Å². The van der Waals surface area contributed by atoms with Gasteiger partial charge in [-0.05, 0) is 43.7 Å². The molecule has 1 atom stereocenters. The minimum absolute atomic E-state index is 0.0185. The van der Waals surface area contributed by atoms with Crippen molar-refractivity contribution >= 4 is 28.2 Å². The summed E-state index contributed by atoms with van der Waals surface area (Å²) in [6.45, 7) is 2.06. The van der Waals surface area contributed by atoms with E-state index in [1.54, 1.807) is 6.92 Å². The Hall–Kier alpha value is -2.65. The van der Waals surface area contributed by atoms with Gasteiger partial charge in [-0.3, -0.25) is 4.79 Å². The molecule has 5 nitrogen and oxygen atoms in total. The highest BCUT2D eigenvalue weighted by atomic mass is 32.1. The lowest BCUT2D eigenvalue weighted by Crippen LogP contribution is -2.31. The van der Waals surface area contributed by atoms with Crippen LogP contribution in [0.25, 0.3) is 0 Å². The minimum atomic E-state index is -0.611. The van der Waals surface area contributed by atoms with Crippen molar-refractivity contribution in [3.63, 3.8) is 0 Å². The number of rotatable bonds is 5. The van der Waals surface area contributed by atoms with E-state index in [0.29, 0.717) is 29.8 Å². The maximum Gasteiger partial charge on any atom is 0.341 e. The van der Waals surface area contributed by atoms with Crippen molar-refractivity contribution in [1.82, 2.24) is 0 Å². The number of nitrogens with one attached hydrogen (secondary N) is 1. The van der Waals surface area contributed by atoms with Crippen LogP contribution in [0.4, 0.5) is 5.00 Å². The van der Waals surface area contributed by atoms with Crippen LogP contribution in [0.5, 0.6) is 0 Å². The first-order chi connectivity index (χ1) is 14.1. The van der Waals surface area contributed by atoms with E-state index in [2.05, 4.69) is 11.4 Å². The minimum Gasteiger partial charge on any atom is -0.462 e. The number of hydrogen-bond donors (Lipinski definition) is 1. The number of hydrogen-bond acceptors (Lipinski definition) is 5. The monoisotopic (exact) mass is 408 g/mol. The Morgan fingerprint density at radius 1 is 1.31 bits per heavy atom. The summed E-state index contributed by atoms with van der Waals surface area (Å²) in [4.78, 5) is 26.2. The van der Waals surface area contributed by atoms with Crippen LogP contribution in [0.1, 0.15) is 59.0 Å². The lowest BCUT2D eigenvalue weighted by Gasteiger charge is -2.31. The SMILES string of the molecule is CCOC(=O)c1c(NC(=O)C2CCC2)sc2c1CCC(C#N)(c1ccccc1)C2. The van der Waals surface area contributed by atoms with Crippen molar-refractivity contribution in [3.8, 4) is 6.07 Å². The zero-order valence-electron chi connectivity index (χ0n) is 16.5. The molecule has 4 rings (SSSR count). The zero-order chi connectivity index (χ0) is 20.4. The van der Waals surface area contributed by atoms with Crippen LogP contribution in [-0.2, 0) is 27.8 Å². The van der Waals surface area contributed by atoms with Crippen molar-refractivity contribution in [2.45, 2.75) is 50.9 Å². The molecule has 1 unspecified atom stereocenters. The number of ether oxygens (including phenoxy) is 1. The highest BCUT2D eigenvalue weighted by molar-refractivity contribution is 7.17. The highest BCUT2D eigenvalue weighted by Crippen LogP contribution is 2.46. The van der Waals surface area contributed by atoms with E-state index in [-0.39, 0.29) is 18.4 Å². The van der Waals surface area contributed by atoms with Crippen LogP contribution >= 0.6 is 11.3 Å². The summed E-state index contributed by atoms with van der Waals surface area (Å²) < 4.78 is 5.29. The summed E-state index contributed by atoms with van der Waals surface area (Å²) in [5, 5.41) is 13.6. The first-order valence-electron chi connectivity index (χ1n) is 10.2. The Bertz CT molecular complexity index is 972. The number of carbonyl (C=O) groups excluding carboxylic acids is 2. The van der Waals surface area contributed by atoms with Gasteiger partial charge in [0.1, 0.15) is 5.00 Å². The van der Waals surface area contributed by atoms with Crippen molar-refractivity contribution in [1.29, 1.82) is 5.26 Å². The van der Waals surface area contributed by atoms with Gasteiger partial charge >= 0.3 is 5.97 Å². The van der Waals surface area contributed by atoms with Crippen molar-refractivity contribution < 1.29 is 14.3 Å².